The first-order chi connectivity index (χ1) is 14.5. The van der Waals surface area contributed by atoms with Crippen molar-refractivity contribution in [2.75, 3.05) is 21.3 Å². The van der Waals surface area contributed by atoms with E-state index in [1.807, 2.05) is 0 Å². The molecule has 0 N–H and O–H groups in total. The molecule has 0 bridgehead atoms. The number of non-ortho nitro benzene ring substituents is 1. The van der Waals surface area contributed by atoms with E-state index in [-0.39, 0.29) is 35.4 Å². The summed E-state index contributed by atoms with van der Waals surface area (Å²) < 4.78 is 26.3. The molecule has 0 atom stereocenters. The highest BCUT2D eigenvalue weighted by atomic mass is 16.6. The molecule has 0 spiro atoms. The van der Waals surface area contributed by atoms with Gasteiger partial charge in [-0.15, -0.1) is 10.2 Å². The van der Waals surface area contributed by atoms with Crippen molar-refractivity contribution in [2.45, 2.75) is 6.61 Å². The van der Waals surface area contributed by atoms with Crippen LogP contribution < -0.4 is 14.2 Å². The van der Waals surface area contributed by atoms with Crippen molar-refractivity contribution in [1.29, 1.82) is 0 Å². The fourth-order valence-corrected chi connectivity index (χ4v) is 2.55. The van der Waals surface area contributed by atoms with Gasteiger partial charge in [0, 0.05) is 29.8 Å². The fourth-order valence-electron chi connectivity index (χ4n) is 2.55. The van der Waals surface area contributed by atoms with Crippen molar-refractivity contribution < 1.29 is 33.1 Å². The lowest BCUT2D eigenvalue weighted by Crippen LogP contribution is -2.08. The molecule has 0 aliphatic heterocycles. The number of nitro benzene ring substituents is 1. The van der Waals surface area contributed by atoms with Gasteiger partial charge in [-0.2, -0.15) is 0 Å². The van der Waals surface area contributed by atoms with Crippen molar-refractivity contribution >= 4 is 11.7 Å². The van der Waals surface area contributed by atoms with Gasteiger partial charge >= 0.3 is 5.97 Å². The molecule has 11 nitrogen and oxygen atoms in total. The molecule has 0 saturated heterocycles. The molecular weight excluding hydrogens is 398 g/mol. The summed E-state index contributed by atoms with van der Waals surface area (Å²) in [5, 5.41) is 18.4. The first-order valence-corrected chi connectivity index (χ1v) is 8.51. The Morgan fingerprint density at radius 3 is 2.23 bits per heavy atom. The number of esters is 1. The van der Waals surface area contributed by atoms with E-state index in [0.29, 0.717) is 17.1 Å². The lowest BCUT2D eigenvalue weighted by atomic mass is 10.1. The number of carbonyl (C=O) groups excluding carboxylic acids is 1. The molecular formula is C19H17N3O8. The molecule has 0 aliphatic rings. The standard InChI is InChI=1S/C19H17N3O8/c1-26-14-9-16(28-3)15(27-2)8-13(14)19(23)29-10-17-20-21-18(30-17)11-4-6-12(7-5-11)22(24)25/h4-9H,10H2,1-3H3. The fraction of sp³-hybridized carbons (Fsp3) is 0.211. The van der Waals surface area contributed by atoms with E-state index in [1.54, 1.807) is 0 Å². The van der Waals surface area contributed by atoms with E-state index < -0.39 is 10.9 Å². The summed E-state index contributed by atoms with van der Waals surface area (Å²) in [6.07, 6.45) is 0. The molecule has 1 aromatic heterocycles. The van der Waals surface area contributed by atoms with Crippen molar-refractivity contribution in [3.8, 4) is 28.7 Å². The maximum Gasteiger partial charge on any atom is 0.342 e. The quantitative estimate of drug-likeness (QED) is 0.307. The number of rotatable bonds is 8. The Hall–Kier alpha value is -4.15. The second-order valence-electron chi connectivity index (χ2n) is 5.79. The number of aromatic nitrogens is 2. The average molecular weight is 415 g/mol. The molecule has 0 unspecified atom stereocenters. The van der Waals surface area contributed by atoms with Crippen molar-refractivity contribution in [1.82, 2.24) is 10.2 Å². The molecule has 0 aliphatic carbocycles. The van der Waals surface area contributed by atoms with Gasteiger partial charge in [-0.05, 0) is 12.1 Å². The Morgan fingerprint density at radius 2 is 1.63 bits per heavy atom. The summed E-state index contributed by atoms with van der Waals surface area (Å²) in [5.74, 6) is 0.479. The second kappa shape index (κ2) is 8.90. The third-order valence-electron chi connectivity index (χ3n) is 4.04. The summed E-state index contributed by atoms with van der Waals surface area (Å²) in [6, 6.07) is 8.56. The van der Waals surface area contributed by atoms with Gasteiger partial charge < -0.3 is 23.4 Å². The number of hydrogen-bond donors (Lipinski definition) is 0. The maximum atomic E-state index is 12.5. The van der Waals surface area contributed by atoms with Crippen LogP contribution in [0.15, 0.2) is 40.8 Å². The molecule has 30 heavy (non-hydrogen) atoms. The Balaban J connectivity index is 1.72. The third kappa shape index (κ3) is 4.29. The van der Waals surface area contributed by atoms with Gasteiger partial charge in [-0.1, -0.05) is 0 Å². The molecule has 0 radical (unpaired) electrons. The van der Waals surface area contributed by atoms with Gasteiger partial charge in [0.1, 0.15) is 11.3 Å². The summed E-state index contributed by atoms with van der Waals surface area (Å²) in [6.45, 7) is -0.281. The predicted molar refractivity (Wildman–Crippen MR) is 102 cm³/mol. The number of nitro groups is 1. The highest BCUT2D eigenvalue weighted by Crippen LogP contribution is 2.35. The summed E-state index contributed by atoms with van der Waals surface area (Å²) >= 11 is 0. The van der Waals surface area contributed by atoms with Crippen LogP contribution in [0.4, 0.5) is 5.69 Å². The van der Waals surface area contributed by atoms with Crippen LogP contribution in [0.2, 0.25) is 0 Å². The predicted octanol–water partition coefficient (Wildman–Crippen LogP) is 3.03. The zero-order valence-corrected chi connectivity index (χ0v) is 16.3. The zero-order valence-electron chi connectivity index (χ0n) is 16.3. The number of carbonyl (C=O) groups is 1. The maximum absolute atomic E-state index is 12.5. The van der Waals surface area contributed by atoms with Gasteiger partial charge in [0.25, 0.3) is 11.6 Å². The van der Waals surface area contributed by atoms with Crippen LogP contribution in [0.5, 0.6) is 17.2 Å². The highest BCUT2D eigenvalue weighted by Gasteiger charge is 2.20. The number of ether oxygens (including phenoxy) is 4. The van der Waals surface area contributed by atoms with E-state index in [0.717, 1.165) is 0 Å². The summed E-state index contributed by atoms with van der Waals surface area (Å²) in [5.41, 5.74) is 0.564. The van der Waals surface area contributed by atoms with E-state index in [9.17, 15) is 14.9 Å². The van der Waals surface area contributed by atoms with E-state index in [4.69, 9.17) is 23.4 Å². The topological polar surface area (TPSA) is 136 Å². The van der Waals surface area contributed by atoms with Crippen LogP contribution in [0.1, 0.15) is 16.2 Å². The Morgan fingerprint density at radius 1 is 1.00 bits per heavy atom. The van der Waals surface area contributed by atoms with Crippen LogP contribution in [0.3, 0.4) is 0 Å². The molecule has 0 saturated carbocycles. The molecule has 0 fully saturated rings. The molecule has 0 amide bonds. The van der Waals surface area contributed by atoms with Gasteiger partial charge in [0.05, 0.1) is 26.3 Å². The van der Waals surface area contributed by atoms with E-state index >= 15 is 0 Å². The van der Waals surface area contributed by atoms with Crippen molar-refractivity contribution in [3.05, 3.63) is 58.0 Å². The number of nitrogens with zero attached hydrogens (tertiary/aromatic N) is 3. The average Bonchev–Trinajstić information content (AvgIpc) is 3.25. The lowest BCUT2D eigenvalue weighted by Gasteiger charge is -2.13. The second-order valence-corrected chi connectivity index (χ2v) is 5.79. The minimum absolute atomic E-state index is 0.0520. The minimum Gasteiger partial charge on any atom is -0.496 e. The van der Waals surface area contributed by atoms with Crippen LogP contribution >= 0.6 is 0 Å². The smallest absolute Gasteiger partial charge is 0.342 e. The third-order valence-corrected chi connectivity index (χ3v) is 4.04. The molecule has 11 heteroatoms. The highest BCUT2D eigenvalue weighted by molar-refractivity contribution is 5.93. The normalized spacial score (nSPS) is 10.4. The van der Waals surface area contributed by atoms with Gasteiger partial charge in [0.15, 0.2) is 18.1 Å². The summed E-state index contributed by atoms with van der Waals surface area (Å²) in [4.78, 5) is 22.7. The largest absolute Gasteiger partial charge is 0.496 e. The van der Waals surface area contributed by atoms with E-state index in [1.165, 1.54) is 57.7 Å². The molecule has 3 rings (SSSR count). The first-order valence-electron chi connectivity index (χ1n) is 8.51. The van der Waals surface area contributed by atoms with Crippen LogP contribution in [0.25, 0.3) is 11.5 Å². The van der Waals surface area contributed by atoms with Gasteiger partial charge in [-0.3, -0.25) is 10.1 Å². The van der Waals surface area contributed by atoms with Gasteiger partial charge in [-0.25, -0.2) is 4.79 Å². The summed E-state index contributed by atoms with van der Waals surface area (Å²) in [7, 11) is 4.32. The Kier molecular flexibility index (Phi) is 6.11. The molecule has 3 aromatic rings. The zero-order chi connectivity index (χ0) is 21.7. The van der Waals surface area contributed by atoms with Crippen LogP contribution in [0, 0.1) is 10.1 Å². The monoisotopic (exact) mass is 415 g/mol. The minimum atomic E-state index is -0.692. The molecule has 2 aromatic carbocycles. The SMILES string of the molecule is COc1cc(OC)c(C(=O)OCc2nnc(-c3ccc([N+](=O)[O-])cc3)o2)cc1OC. The Bertz CT molecular complexity index is 1060. The number of methoxy groups -OCH3 is 3. The Labute approximate surface area is 170 Å². The van der Waals surface area contributed by atoms with Crippen molar-refractivity contribution in [3.63, 3.8) is 0 Å². The first kappa shape index (κ1) is 20.6. The number of benzene rings is 2. The van der Waals surface area contributed by atoms with Gasteiger partial charge in [0.2, 0.25) is 5.89 Å². The van der Waals surface area contributed by atoms with Crippen molar-refractivity contribution in [2.24, 2.45) is 0 Å². The lowest BCUT2D eigenvalue weighted by molar-refractivity contribution is -0.384. The van der Waals surface area contributed by atoms with Crippen LogP contribution in [-0.4, -0.2) is 42.4 Å². The molecule has 1 heterocycles. The van der Waals surface area contributed by atoms with E-state index in [2.05, 4.69) is 10.2 Å². The van der Waals surface area contributed by atoms with Crippen LogP contribution in [-0.2, 0) is 11.3 Å². The molecule has 156 valence electrons. The number of hydrogen-bond acceptors (Lipinski definition) is 10.